The molecule has 4 heteroatoms. The molecule has 1 atom stereocenters. The molecule has 1 aliphatic rings. The molecule has 1 heterocycles. The van der Waals surface area contributed by atoms with Crippen LogP contribution in [0.2, 0.25) is 25.1 Å². The number of hydrogen-bond acceptors (Lipinski definition) is 2. The van der Waals surface area contributed by atoms with Crippen LogP contribution in [0.25, 0.3) is 0 Å². The van der Waals surface area contributed by atoms with Crippen LogP contribution in [0.3, 0.4) is 0 Å². The van der Waals surface area contributed by atoms with E-state index in [9.17, 15) is 0 Å². The van der Waals surface area contributed by atoms with Crippen molar-refractivity contribution < 1.29 is 9.31 Å². The van der Waals surface area contributed by atoms with E-state index in [-0.39, 0.29) is 7.12 Å². The highest BCUT2D eigenvalue weighted by molar-refractivity contribution is 6.86. The zero-order chi connectivity index (χ0) is 13.4. The zero-order valence-electron chi connectivity index (χ0n) is 12.8. The molecule has 106 valence electrons. The molecule has 1 unspecified atom stereocenters. The van der Waals surface area contributed by atoms with Crippen LogP contribution in [0.4, 0.5) is 0 Å². The molecule has 2 nitrogen and oxygen atoms in total. The van der Waals surface area contributed by atoms with Crippen LogP contribution in [0, 0.1) is 0 Å². The molecule has 0 aromatic rings. The molecule has 0 bridgehead atoms. The normalized spacial score (nSPS) is 19.0. The second-order valence-electron chi connectivity index (χ2n) is 6.64. The molecule has 0 aromatic carbocycles. The summed E-state index contributed by atoms with van der Waals surface area (Å²) in [5.74, 6) is 0. The summed E-state index contributed by atoms with van der Waals surface area (Å²) < 4.78 is 11.7. The van der Waals surface area contributed by atoms with E-state index >= 15 is 0 Å². The fraction of sp³-hybridized carbons (Fsp3) is 1.00. The van der Waals surface area contributed by atoms with Gasteiger partial charge in [0.15, 0.2) is 0 Å². The van der Waals surface area contributed by atoms with E-state index in [0.29, 0.717) is 5.44 Å². The van der Waals surface area contributed by atoms with Gasteiger partial charge in [0, 0.05) is 21.3 Å². The SMILES string of the molecule is CCCCCCCC(B1OCCCO1)[Si](C)(C)C. The molecule has 1 fully saturated rings. The van der Waals surface area contributed by atoms with Crippen LogP contribution >= 0.6 is 0 Å². The molecule has 18 heavy (non-hydrogen) atoms. The van der Waals surface area contributed by atoms with Gasteiger partial charge < -0.3 is 9.31 Å². The third-order valence-corrected chi connectivity index (χ3v) is 6.70. The Morgan fingerprint density at radius 1 is 1.00 bits per heavy atom. The van der Waals surface area contributed by atoms with E-state index in [1.165, 1.54) is 38.5 Å². The van der Waals surface area contributed by atoms with Gasteiger partial charge in [0.1, 0.15) is 0 Å². The van der Waals surface area contributed by atoms with Gasteiger partial charge in [-0.2, -0.15) is 0 Å². The molecule has 0 aliphatic carbocycles. The molecular formula is C14H31BO2Si. The maximum atomic E-state index is 5.86. The van der Waals surface area contributed by atoms with Gasteiger partial charge in [-0.05, 0) is 11.9 Å². The number of rotatable bonds is 8. The van der Waals surface area contributed by atoms with E-state index in [1.54, 1.807) is 0 Å². The van der Waals surface area contributed by atoms with Gasteiger partial charge in [-0.15, -0.1) is 0 Å². The van der Waals surface area contributed by atoms with Crippen molar-refractivity contribution in [3.8, 4) is 0 Å². The summed E-state index contributed by atoms with van der Waals surface area (Å²) in [7, 11) is -1.10. The maximum Gasteiger partial charge on any atom is 0.457 e. The van der Waals surface area contributed by atoms with Crippen molar-refractivity contribution >= 4 is 15.2 Å². The first-order valence-corrected chi connectivity index (χ1v) is 11.4. The van der Waals surface area contributed by atoms with Crippen LogP contribution in [-0.4, -0.2) is 28.4 Å². The van der Waals surface area contributed by atoms with Gasteiger partial charge in [0.25, 0.3) is 0 Å². The van der Waals surface area contributed by atoms with Crippen molar-refractivity contribution in [3.63, 3.8) is 0 Å². The number of hydrogen-bond donors (Lipinski definition) is 0. The Morgan fingerprint density at radius 2 is 1.61 bits per heavy atom. The molecule has 0 amide bonds. The van der Waals surface area contributed by atoms with Gasteiger partial charge in [-0.1, -0.05) is 65.1 Å². The first kappa shape index (κ1) is 16.3. The largest absolute Gasteiger partial charge is 0.457 e. The monoisotopic (exact) mass is 270 g/mol. The summed E-state index contributed by atoms with van der Waals surface area (Å²) >= 11 is 0. The smallest absolute Gasteiger partial charge is 0.411 e. The van der Waals surface area contributed by atoms with Crippen molar-refractivity contribution in [2.24, 2.45) is 0 Å². The molecule has 0 spiro atoms. The Hall–Kier alpha value is 0.202. The standard InChI is InChI=1S/C14H31BO2Si/c1-5-6-7-8-9-11-14(18(2,3)4)15-16-12-10-13-17-15/h14H,5-13H2,1-4H3. The first-order chi connectivity index (χ1) is 8.55. The van der Waals surface area contributed by atoms with Crippen LogP contribution in [0.5, 0.6) is 0 Å². The lowest BCUT2D eigenvalue weighted by atomic mass is 9.79. The molecule has 0 N–H and O–H groups in total. The highest BCUT2D eigenvalue weighted by atomic mass is 28.3. The first-order valence-electron chi connectivity index (χ1n) is 7.79. The van der Waals surface area contributed by atoms with E-state index in [1.807, 2.05) is 0 Å². The quantitative estimate of drug-likeness (QED) is 0.477. The predicted molar refractivity (Wildman–Crippen MR) is 82.7 cm³/mol. The highest BCUT2D eigenvalue weighted by Gasteiger charge is 2.40. The molecule has 1 aliphatic heterocycles. The van der Waals surface area contributed by atoms with Crippen LogP contribution < -0.4 is 0 Å². The van der Waals surface area contributed by atoms with E-state index < -0.39 is 8.07 Å². The van der Waals surface area contributed by atoms with Crippen molar-refractivity contribution in [2.45, 2.75) is 77.0 Å². The van der Waals surface area contributed by atoms with Crippen LogP contribution in [0.15, 0.2) is 0 Å². The lowest BCUT2D eigenvalue weighted by molar-refractivity contribution is 0.130. The Morgan fingerprint density at radius 3 is 2.17 bits per heavy atom. The lowest BCUT2D eigenvalue weighted by Gasteiger charge is -2.34. The molecule has 0 aromatic heterocycles. The minimum Gasteiger partial charge on any atom is -0.411 e. The van der Waals surface area contributed by atoms with Gasteiger partial charge in [-0.25, -0.2) is 0 Å². The highest BCUT2D eigenvalue weighted by Crippen LogP contribution is 2.32. The molecule has 0 saturated carbocycles. The topological polar surface area (TPSA) is 18.5 Å². The Labute approximate surface area is 115 Å². The summed E-state index contributed by atoms with van der Waals surface area (Å²) in [6.45, 7) is 11.4. The van der Waals surface area contributed by atoms with Crippen molar-refractivity contribution in [2.75, 3.05) is 13.2 Å². The Balaban J connectivity index is 2.36. The van der Waals surface area contributed by atoms with Gasteiger partial charge in [-0.3, -0.25) is 0 Å². The summed E-state index contributed by atoms with van der Waals surface area (Å²) in [4.78, 5) is 0. The van der Waals surface area contributed by atoms with E-state index in [0.717, 1.165) is 19.6 Å². The van der Waals surface area contributed by atoms with Crippen molar-refractivity contribution in [1.29, 1.82) is 0 Å². The summed E-state index contributed by atoms with van der Waals surface area (Å²) in [5.41, 5.74) is 0.666. The average molecular weight is 270 g/mol. The maximum absolute atomic E-state index is 5.86. The Bertz CT molecular complexity index is 212. The van der Waals surface area contributed by atoms with Gasteiger partial charge in [0.05, 0.1) is 0 Å². The van der Waals surface area contributed by atoms with Crippen LogP contribution in [0.1, 0.15) is 51.9 Å². The van der Waals surface area contributed by atoms with Crippen molar-refractivity contribution in [1.82, 2.24) is 0 Å². The Kier molecular flexibility index (Phi) is 7.58. The fourth-order valence-corrected chi connectivity index (χ4v) is 4.76. The summed E-state index contributed by atoms with van der Waals surface area (Å²) in [6.07, 6.45) is 9.18. The number of unbranched alkanes of at least 4 members (excludes halogenated alkanes) is 4. The fourth-order valence-electron chi connectivity index (χ4n) is 2.68. The van der Waals surface area contributed by atoms with Gasteiger partial charge >= 0.3 is 7.12 Å². The molecule has 1 rings (SSSR count). The van der Waals surface area contributed by atoms with Crippen molar-refractivity contribution in [3.05, 3.63) is 0 Å². The van der Waals surface area contributed by atoms with Gasteiger partial charge in [0.2, 0.25) is 0 Å². The van der Waals surface area contributed by atoms with E-state index in [2.05, 4.69) is 26.6 Å². The summed E-state index contributed by atoms with van der Waals surface area (Å²) in [6, 6.07) is 0. The third kappa shape index (κ3) is 5.90. The molecule has 0 radical (unpaired) electrons. The predicted octanol–water partition coefficient (Wildman–Crippen LogP) is 4.52. The second-order valence-corrected chi connectivity index (χ2v) is 12.1. The van der Waals surface area contributed by atoms with E-state index in [4.69, 9.17) is 9.31 Å². The zero-order valence-corrected chi connectivity index (χ0v) is 13.8. The van der Waals surface area contributed by atoms with Crippen LogP contribution in [-0.2, 0) is 9.31 Å². The second kappa shape index (κ2) is 8.39. The minimum absolute atomic E-state index is 0.0941. The molecule has 1 saturated heterocycles. The molecular weight excluding hydrogens is 239 g/mol. The minimum atomic E-state index is -1.19. The third-order valence-electron chi connectivity index (χ3n) is 3.91. The lowest BCUT2D eigenvalue weighted by Crippen LogP contribution is -2.45. The average Bonchev–Trinajstić information content (AvgIpc) is 2.33. The summed E-state index contributed by atoms with van der Waals surface area (Å²) in [5, 5.41) is 0.